The minimum absolute atomic E-state index is 0.235. The lowest BCUT2D eigenvalue weighted by Crippen LogP contribution is -2.29. The topological polar surface area (TPSA) is 84.2 Å². The third kappa shape index (κ3) is 2.85. The molecule has 27 heavy (non-hydrogen) atoms. The summed E-state index contributed by atoms with van der Waals surface area (Å²) in [4.78, 5) is 25.2. The summed E-state index contributed by atoms with van der Waals surface area (Å²) in [6.45, 7) is 0. The summed E-state index contributed by atoms with van der Waals surface area (Å²) in [5.41, 5.74) is 6.79. The van der Waals surface area contributed by atoms with Gasteiger partial charge in [-0.15, -0.1) is 11.3 Å². The van der Waals surface area contributed by atoms with Gasteiger partial charge in [0.25, 0.3) is 5.91 Å². The van der Waals surface area contributed by atoms with E-state index in [0.29, 0.717) is 11.7 Å². The number of carbonyl (C=O) groups is 1. The molecule has 0 unspecified atom stereocenters. The number of thiazole rings is 1. The van der Waals surface area contributed by atoms with Crippen LogP contribution in [0.3, 0.4) is 0 Å². The Morgan fingerprint density at radius 2 is 2.04 bits per heavy atom. The number of guanidine groups is 1. The molecule has 5 rings (SSSR count). The summed E-state index contributed by atoms with van der Waals surface area (Å²) >= 11 is 1.57. The van der Waals surface area contributed by atoms with Gasteiger partial charge < -0.3 is 9.88 Å². The summed E-state index contributed by atoms with van der Waals surface area (Å²) in [6, 6.07) is 11.7. The largest absolute Gasteiger partial charge is 0.334 e. The molecule has 0 radical (unpaired) electrons. The van der Waals surface area contributed by atoms with Crippen molar-refractivity contribution in [1.82, 2.24) is 19.9 Å². The molecular formula is C19H14N6OS. The lowest BCUT2D eigenvalue weighted by Gasteiger charge is -2.04. The maximum absolute atomic E-state index is 12.3. The predicted molar refractivity (Wildman–Crippen MR) is 108 cm³/mol. The van der Waals surface area contributed by atoms with E-state index in [9.17, 15) is 4.79 Å². The number of fused-ring (bicyclic) bond motifs is 2. The van der Waals surface area contributed by atoms with Gasteiger partial charge in [0.15, 0.2) is 0 Å². The van der Waals surface area contributed by atoms with Crippen molar-refractivity contribution in [2.75, 3.05) is 5.32 Å². The van der Waals surface area contributed by atoms with Gasteiger partial charge in [0.2, 0.25) is 5.96 Å². The smallest absolute Gasteiger partial charge is 0.276 e. The number of hydrogen-bond donors (Lipinski definition) is 2. The highest BCUT2D eigenvalue weighted by atomic mass is 32.1. The highest BCUT2D eigenvalue weighted by Gasteiger charge is 2.20. The second-order valence-electron chi connectivity index (χ2n) is 6.21. The summed E-state index contributed by atoms with van der Waals surface area (Å²) < 4.78 is 3.02. The van der Waals surface area contributed by atoms with Crippen LogP contribution in [0.5, 0.6) is 0 Å². The van der Waals surface area contributed by atoms with Gasteiger partial charge in [0.05, 0.1) is 33.1 Å². The van der Waals surface area contributed by atoms with Crippen LogP contribution in [0.15, 0.2) is 58.9 Å². The number of benzene rings is 2. The first kappa shape index (κ1) is 15.7. The SMILES string of the molecule is Cn1cnc2ccc(C=C3N=C(Nc4ccc5ncsc5c4)NC3=O)cc21. The van der Waals surface area contributed by atoms with Gasteiger partial charge in [-0.05, 0) is 42.0 Å². The summed E-state index contributed by atoms with van der Waals surface area (Å²) in [7, 11) is 1.94. The second-order valence-corrected chi connectivity index (χ2v) is 7.09. The molecule has 0 atom stereocenters. The van der Waals surface area contributed by atoms with Gasteiger partial charge in [-0.3, -0.25) is 10.1 Å². The fourth-order valence-electron chi connectivity index (χ4n) is 2.99. The minimum atomic E-state index is -0.235. The van der Waals surface area contributed by atoms with Crippen LogP contribution in [0.4, 0.5) is 5.69 Å². The quantitative estimate of drug-likeness (QED) is 0.528. The number of amides is 1. The molecule has 2 aromatic heterocycles. The number of aryl methyl sites for hydroxylation is 1. The van der Waals surface area contributed by atoms with Crippen LogP contribution in [0, 0.1) is 0 Å². The summed E-state index contributed by atoms with van der Waals surface area (Å²) in [6.07, 6.45) is 3.53. The van der Waals surface area contributed by atoms with Crippen LogP contribution < -0.4 is 10.6 Å². The van der Waals surface area contributed by atoms with Crippen molar-refractivity contribution < 1.29 is 4.79 Å². The number of hydrogen-bond acceptors (Lipinski definition) is 6. The van der Waals surface area contributed by atoms with E-state index in [1.165, 1.54) is 0 Å². The molecule has 1 aliphatic heterocycles. The van der Waals surface area contributed by atoms with Gasteiger partial charge in [-0.2, -0.15) is 0 Å². The molecule has 1 amide bonds. The van der Waals surface area contributed by atoms with Crippen molar-refractivity contribution >= 4 is 56.2 Å². The molecule has 3 heterocycles. The molecule has 8 heteroatoms. The lowest BCUT2D eigenvalue weighted by molar-refractivity contribution is -0.115. The molecule has 0 saturated carbocycles. The van der Waals surface area contributed by atoms with Crippen molar-refractivity contribution in [3.05, 3.63) is 59.5 Å². The number of nitrogens with one attached hydrogen (secondary N) is 2. The van der Waals surface area contributed by atoms with Crippen molar-refractivity contribution in [3.8, 4) is 0 Å². The summed E-state index contributed by atoms with van der Waals surface area (Å²) in [5, 5.41) is 5.91. The molecule has 0 fully saturated rings. The van der Waals surface area contributed by atoms with Gasteiger partial charge in [-0.25, -0.2) is 15.0 Å². The van der Waals surface area contributed by atoms with Crippen LogP contribution in [0.1, 0.15) is 5.56 Å². The summed E-state index contributed by atoms with van der Waals surface area (Å²) in [5.74, 6) is 0.179. The third-order valence-electron chi connectivity index (χ3n) is 4.34. The first-order valence-corrected chi connectivity index (χ1v) is 9.17. The number of anilines is 1. The first-order chi connectivity index (χ1) is 13.2. The van der Waals surface area contributed by atoms with Crippen molar-refractivity contribution in [3.63, 3.8) is 0 Å². The number of nitrogens with zero attached hydrogens (tertiary/aromatic N) is 4. The van der Waals surface area contributed by atoms with E-state index in [1.54, 1.807) is 23.7 Å². The molecular weight excluding hydrogens is 360 g/mol. The normalized spacial score (nSPS) is 15.5. The molecule has 1 aliphatic rings. The zero-order valence-corrected chi connectivity index (χ0v) is 15.1. The number of imidazole rings is 1. The van der Waals surface area contributed by atoms with Crippen molar-refractivity contribution in [1.29, 1.82) is 0 Å². The standard InChI is InChI=1S/C19H14N6OS/c1-25-9-20-13-4-2-11(7-16(13)25)6-15-18(26)24-19(23-15)22-12-3-5-14-17(8-12)27-10-21-14/h2-10H,1H3,(H2,22,23,24,26). The maximum Gasteiger partial charge on any atom is 0.276 e. The molecule has 0 aliphatic carbocycles. The lowest BCUT2D eigenvalue weighted by atomic mass is 10.1. The fraction of sp³-hybridized carbons (Fsp3) is 0.0526. The predicted octanol–water partition coefficient (Wildman–Crippen LogP) is 3.12. The number of aromatic nitrogens is 3. The van der Waals surface area contributed by atoms with Gasteiger partial charge >= 0.3 is 0 Å². The Labute approximate surface area is 158 Å². The zero-order valence-electron chi connectivity index (χ0n) is 14.3. The number of rotatable bonds is 2. The minimum Gasteiger partial charge on any atom is -0.334 e. The van der Waals surface area contributed by atoms with Gasteiger partial charge in [-0.1, -0.05) is 6.07 Å². The average Bonchev–Trinajstić information content (AvgIpc) is 3.35. The number of aliphatic imine (C=N–C) groups is 1. The van der Waals surface area contributed by atoms with E-state index in [4.69, 9.17) is 0 Å². The van der Waals surface area contributed by atoms with E-state index < -0.39 is 0 Å². The number of carbonyl (C=O) groups excluding carboxylic acids is 1. The van der Waals surface area contributed by atoms with Crippen LogP contribution >= 0.6 is 11.3 Å². The van der Waals surface area contributed by atoms with Crippen LogP contribution in [-0.4, -0.2) is 26.4 Å². The second kappa shape index (κ2) is 6.03. The van der Waals surface area contributed by atoms with E-state index in [-0.39, 0.29) is 5.91 Å². The molecule has 0 saturated heterocycles. The Bertz CT molecular complexity index is 1270. The molecule has 0 bridgehead atoms. The van der Waals surface area contributed by atoms with E-state index in [0.717, 1.165) is 32.5 Å². The molecule has 0 spiro atoms. The Hall–Kier alpha value is -3.52. The Kier molecular flexibility index (Phi) is 3.51. The Balaban J connectivity index is 1.43. The zero-order chi connectivity index (χ0) is 18.4. The highest BCUT2D eigenvalue weighted by Crippen LogP contribution is 2.23. The molecule has 4 aromatic rings. The molecule has 2 N–H and O–H groups in total. The fourth-order valence-corrected chi connectivity index (χ4v) is 3.70. The van der Waals surface area contributed by atoms with E-state index >= 15 is 0 Å². The van der Waals surface area contributed by atoms with Gasteiger partial charge in [0.1, 0.15) is 5.70 Å². The molecule has 7 nitrogen and oxygen atoms in total. The third-order valence-corrected chi connectivity index (χ3v) is 5.14. The van der Waals surface area contributed by atoms with Crippen LogP contribution in [-0.2, 0) is 11.8 Å². The van der Waals surface area contributed by atoms with Crippen molar-refractivity contribution in [2.45, 2.75) is 0 Å². The highest BCUT2D eigenvalue weighted by molar-refractivity contribution is 7.16. The van der Waals surface area contributed by atoms with Gasteiger partial charge in [0, 0.05) is 12.7 Å². The Morgan fingerprint density at radius 1 is 1.15 bits per heavy atom. The molecule has 132 valence electrons. The monoisotopic (exact) mass is 374 g/mol. The van der Waals surface area contributed by atoms with Crippen molar-refractivity contribution in [2.24, 2.45) is 12.0 Å². The van der Waals surface area contributed by atoms with Crippen LogP contribution in [0.25, 0.3) is 27.3 Å². The van der Waals surface area contributed by atoms with E-state index in [2.05, 4.69) is 25.6 Å². The average molecular weight is 374 g/mol. The Morgan fingerprint density at radius 3 is 2.96 bits per heavy atom. The first-order valence-electron chi connectivity index (χ1n) is 8.29. The molecule has 2 aromatic carbocycles. The maximum atomic E-state index is 12.3. The van der Waals surface area contributed by atoms with Crippen LogP contribution in [0.2, 0.25) is 0 Å². The van der Waals surface area contributed by atoms with E-state index in [1.807, 2.05) is 53.5 Å².